The minimum atomic E-state index is -3.65. The average molecular weight is 431 g/mol. The van der Waals surface area contributed by atoms with E-state index >= 15 is 0 Å². The largest absolute Gasteiger partial charge is 0.319 e. The predicted molar refractivity (Wildman–Crippen MR) is 117 cm³/mol. The zero-order valence-electron chi connectivity index (χ0n) is 18.3. The third-order valence-corrected chi connectivity index (χ3v) is 7.39. The highest BCUT2D eigenvalue weighted by Gasteiger charge is 2.31. The zero-order chi connectivity index (χ0) is 22.1. The van der Waals surface area contributed by atoms with Crippen LogP contribution in [-0.2, 0) is 15.4 Å². The van der Waals surface area contributed by atoms with Crippen LogP contribution in [0.1, 0.15) is 68.7 Å². The van der Waals surface area contributed by atoms with Gasteiger partial charge in [0.15, 0.2) is 0 Å². The number of carbonyl (C=O) groups excluding carboxylic acids is 1. The van der Waals surface area contributed by atoms with Crippen molar-refractivity contribution >= 4 is 21.6 Å². The molecule has 1 aromatic heterocycles. The summed E-state index contributed by atoms with van der Waals surface area (Å²) >= 11 is 0. The Morgan fingerprint density at radius 2 is 1.83 bits per heavy atom. The molecule has 1 atom stereocenters. The maximum Gasteiger partial charge on any atom is 0.256 e. The summed E-state index contributed by atoms with van der Waals surface area (Å²) in [7, 11) is -3.65. The van der Waals surface area contributed by atoms with E-state index in [4.69, 9.17) is 0 Å². The summed E-state index contributed by atoms with van der Waals surface area (Å²) in [6.45, 7) is 10.3. The van der Waals surface area contributed by atoms with Gasteiger partial charge in [0, 0.05) is 23.6 Å². The number of amides is 1. The Morgan fingerprint density at radius 3 is 2.43 bits per heavy atom. The van der Waals surface area contributed by atoms with E-state index in [1.807, 2.05) is 27.7 Å². The molecule has 7 nitrogen and oxygen atoms in total. The van der Waals surface area contributed by atoms with Crippen molar-refractivity contribution in [3.63, 3.8) is 0 Å². The monoisotopic (exact) mass is 430 g/mol. The van der Waals surface area contributed by atoms with Crippen LogP contribution in [0.25, 0.3) is 0 Å². The summed E-state index contributed by atoms with van der Waals surface area (Å²) < 4.78 is 27.8. The number of aromatic nitrogens is 2. The number of nitrogens with one attached hydrogen (secondary N) is 1. The highest BCUT2D eigenvalue weighted by molar-refractivity contribution is 7.89. The van der Waals surface area contributed by atoms with Crippen molar-refractivity contribution in [2.24, 2.45) is 0 Å². The molecule has 1 unspecified atom stereocenters. The molecular formula is C22H30N4O3S. The molecular weight excluding hydrogens is 400 g/mol. The number of rotatable bonds is 4. The second-order valence-corrected chi connectivity index (χ2v) is 10.8. The highest BCUT2D eigenvalue weighted by Crippen LogP contribution is 2.27. The Labute approximate surface area is 179 Å². The van der Waals surface area contributed by atoms with Gasteiger partial charge in [-0.15, -0.1) is 0 Å². The quantitative estimate of drug-likeness (QED) is 0.794. The second kappa shape index (κ2) is 8.43. The van der Waals surface area contributed by atoms with Gasteiger partial charge in [-0.1, -0.05) is 33.3 Å². The molecule has 1 aliphatic heterocycles. The van der Waals surface area contributed by atoms with E-state index in [0.29, 0.717) is 29.2 Å². The van der Waals surface area contributed by atoms with Crippen molar-refractivity contribution in [1.29, 1.82) is 0 Å². The van der Waals surface area contributed by atoms with E-state index in [0.717, 1.165) is 19.3 Å². The van der Waals surface area contributed by atoms with Crippen LogP contribution in [0.5, 0.6) is 0 Å². The number of sulfonamides is 1. The van der Waals surface area contributed by atoms with E-state index in [1.54, 1.807) is 35.8 Å². The smallest absolute Gasteiger partial charge is 0.256 e. The first kappa shape index (κ1) is 22.4. The van der Waals surface area contributed by atoms with Crippen LogP contribution in [0.2, 0.25) is 0 Å². The van der Waals surface area contributed by atoms with Gasteiger partial charge in [-0.2, -0.15) is 4.31 Å². The summed E-state index contributed by atoms with van der Waals surface area (Å²) in [6.07, 6.45) is 5.87. The molecule has 2 aromatic rings. The number of benzene rings is 1. The fraction of sp³-hybridized carbons (Fsp3) is 0.500. The van der Waals surface area contributed by atoms with Crippen molar-refractivity contribution < 1.29 is 13.2 Å². The van der Waals surface area contributed by atoms with Gasteiger partial charge >= 0.3 is 0 Å². The Kier molecular flexibility index (Phi) is 6.29. The number of anilines is 1. The number of aryl methyl sites for hydroxylation is 1. The summed E-state index contributed by atoms with van der Waals surface area (Å²) in [5.74, 6) is 0.295. The minimum absolute atomic E-state index is 0.0409. The molecule has 0 saturated carbocycles. The van der Waals surface area contributed by atoms with Gasteiger partial charge in [0.2, 0.25) is 10.0 Å². The first-order valence-corrected chi connectivity index (χ1v) is 11.7. The number of nitrogens with zero attached hydrogens (tertiary/aromatic N) is 3. The number of hydrogen-bond donors (Lipinski definition) is 1. The van der Waals surface area contributed by atoms with Crippen molar-refractivity contribution in [1.82, 2.24) is 14.3 Å². The van der Waals surface area contributed by atoms with E-state index in [9.17, 15) is 13.2 Å². The van der Waals surface area contributed by atoms with Gasteiger partial charge in [0.25, 0.3) is 5.91 Å². The standard InChI is InChI=1S/C22H30N4O3S/c1-15-9-10-18(30(28,29)26-11-7-6-8-16(26)2)12-19(15)20(27)25-17-13-23-21(24-14-17)22(3,4)5/h9-10,12-14,16H,6-8,11H2,1-5H3,(H,25,27). The lowest BCUT2D eigenvalue weighted by Gasteiger charge is -2.32. The molecule has 0 aliphatic carbocycles. The van der Waals surface area contributed by atoms with Gasteiger partial charge in [-0.25, -0.2) is 18.4 Å². The number of piperidine rings is 1. The molecule has 1 amide bonds. The molecule has 1 N–H and O–H groups in total. The molecule has 8 heteroatoms. The molecule has 162 valence electrons. The third-order valence-electron chi connectivity index (χ3n) is 5.38. The van der Waals surface area contributed by atoms with E-state index in [1.165, 1.54) is 6.07 Å². The van der Waals surface area contributed by atoms with Gasteiger partial charge in [0.1, 0.15) is 5.82 Å². The lowest BCUT2D eigenvalue weighted by Crippen LogP contribution is -2.42. The molecule has 30 heavy (non-hydrogen) atoms. The Morgan fingerprint density at radius 1 is 1.17 bits per heavy atom. The Bertz CT molecular complexity index is 1030. The average Bonchev–Trinajstić information content (AvgIpc) is 2.68. The summed E-state index contributed by atoms with van der Waals surface area (Å²) in [5.41, 5.74) is 1.30. The molecule has 1 aliphatic rings. The highest BCUT2D eigenvalue weighted by atomic mass is 32.2. The molecule has 0 spiro atoms. The second-order valence-electron chi connectivity index (χ2n) is 8.94. The SMILES string of the molecule is Cc1ccc(S(=O)(=O)N2CCCCC2C)cc1C(=O)Nc1cnc(C(C)(C)C)nc1. The zero-order valence-corrected chi connectivity index (χ0v) is 19.1. The van der Waals surface area contributed by atoms with E-state index < -0.39 is 10.0 Å². The normalized spacial score (nSPS) is 18.2. The first-order valence-electron chi connectivity index (χ1n) is 10.3. The Balaban J connectivity index is 1.85. The summed E-state index contributed by atoms with van der Waals surface area (Å²) in [5, 5.41) is 2.77. The topological polar surface area (TPSA) is 92.3 Å². The van der Waals surface area contributed by atoms with Crippen LogP contribution < -0.4 is 5.32 Å². The number of carbonyl (C=O) groups is 1. The Hall–Kier alpha value is -2.32. The van der Waals surface area contributed by atoms with Crippen LogP contribution in [0.3, 0.4) is 0 Å². The van der Waals surface area contributed by atoms with Gasteiger partial charge in [-0.05, 0) is 44.4 Å². The third kappa shape index (κ3) is 4.70. The van der Waals surface area contributed by atoms with Crippen molar-refractivity contribution in [2.75, 3.05) is 11.9 Å². The lowest BCUT2D eigenvalue weighted by atomic mass is 9.96. The van der Waals surface area contributed by atoms with Crippen LogP contribution >= 0.6 is 0 Å². The molecule has 1 fully saturated rings. The van der Waals surface area contributed by atoms with Crippen LogP contribution in [-0.4, -0.2) is 41.2 Å². The summed E-state index contributed by atoms with van der Waals surface area (Å²) in [6, 6.07) is 4.67. The van der Waals surface area contributed by atoms with Crippen LogP contribution in [0.15, 0.2) is 35.5 Å². The molecule has 0 bridgehead atoms. The summed E-state index contributed by atoms with van der Waals surface area (Å²) in [4.78, 5) is 21.6. The maximum atomic E-state index is 13.1. The van der Waals surface area contributed by atoms with Crippen molar-refractivity contribution in [2.45, 2.75) is 70.2 Å². The van der Waals surface area contributed by atoms with Gasteiger partial charge in [-0.3, -0.25) is 4.79 Å². The molecule has 2 heterocycles. The fourth-order valence-electron chi connectivity index (χ4n) is 3.55. The van der Waals surface area contributed by atoms with Crippen molar-refractivity contribution in [3.8, 4) is 0 Å². The first-order chi connectivity index (χ1) is 14.0. The lowest BCUT2D eigenvalue weighted by molar-refractivity contribution is 0.102. The predicted octanol–water partition coefficient (Wildman–Crippen LogP) is 3.90. The molecule has 0 radical (unpaired) electrons. The molecule has 1 saturated heterocycles. The van der Waals surface area contributed by atoms with E-state index in [2.05, 4.69) is 15.3 Å². The van der Waals surface area contributed by atoms with Crippen molar-refractivity contribution in [3.05, 3.63) is 47.5 Å². The van der Waals surface area contributed by atoms with Crippen LogP contribution in [0, 0.1) is 6.92 Å². The fourth-order valence-corrected chi connectivity index (χ4v) is 5.27. The maximum absolute atomic E-state index is 13.1. The number of hydrogen-bond acceptors (Lipinski definition) is 5. The minimum Gasteiger partial charge on any atom is -0.319 e. The van der Waals surface area contributed by atoms with E-state index in [-0.39, 0.29) is 22.3 Å². The molecule has 3 rings (SSSR count). The van der Waals surface area contributed by atoms with Gasteiger partial charge < -0.3 is 5.32 Å². The van der Waals surface area contributed by atoms with Gasteiger partial charge in [0.05, 0.1) is 23.0 Å². The molecule has 1 aromatic carbocycles. The van der Waals surface area contributed by atoms with Crippen LogP contribution in [0.4, 0.5) is 5.69 Å².